The average molecular weight is 1120 g/mol. The molecule has 1 amide bonds. The fourth-order valence-electron chi connectivity index (χ4n) is 11.7. The van der Waals surface area contributed by atoms with E-state index in [2.05, 4.69) is 63.3 Å². The van der Waals surface area contributed by atoms with Crippen molar-refractivity contribution in [3.63, 3.8) is 0 Å². The summed E-state index contributed by atoms with van der Waals surface area (Å²) in [6, 6.07) is 15.9. The number of carbonyl (C=O) groups is 2. The summed E-state index contributed by atoms with van der Waals surface area (Å²) in [6.45, 7) is 17.1. The molecule has 6 fully saturated rings. The molecular weight excluding hydrogens is 1040 g/mol. The van der Waals surface area contributed by atoms with Crippen LogP contribution in [0.25, 0.3) is 21.8 Å². The van der Waals surface area contributed by atoms with Crippen LogP contribution >= 0.6 is 22.7 Å². The number of aromatic nitrogens is 4. The number of morpholine rings is 2. The van der Waals surface area contributed by atoms with Gasteiger partial charge in [-0.1, -0.05) is 12.1 Å². The number of nitrogens with zero attached hydrogens (tertiary/aromatic N) is 11. The second kappa shape index (κ2) is 28.0. The lowest BCUT2D eigenvalue weighted by Crippen LogP contribution is -2.38. The van der Waals surface area contributed by atoms with Gasteiger partial charge < -0.3 is 53.9 Å². The van der Waals surface area contributed by atoms with Crippen molar-refractivity contribution < 1.29 is 33.6 Å². The SMILES string of the molecule is C1CCNC1.COc1ccc2cccnc2c1N1CCCN(C(CC(=O)N2CCCC2)c2csc(N3CCOCC3)n2)CC1.COc1ccc2cccnc2c1N1CCCN(C(CC(=O)O)c2csc(N3CCOCC3)n2)CC1. The normalized spacial score (nSPS) is 19.5. The maximum absolute atomic E-state index is 13.4. The molecule has 0 saturated carbocycles. The molecular formula is C58H78N12O7S2. The van der Waals surface area contributed by atoms with Crippen LogP contribution in [0.3, 0.4) is 0 Å². The number of anilines is 4. The second-order valence-electron chi connectivity index (χ2n) is 20.8. The van der Waals surface area contributed by atoms with E-state index in [1.165, 1.54) is 25.9 Å². The number of pyridine rings is 2. The third kappa shape index (κ3) is 14.2. The molecule has 2 aromatic carbocycles. The molecule has 21 heteroatoms. The summed E-state index contributed by atoms with van der Waals surface area (Å²) in [5, 5.41) is 21.3. The van der Waals surface area contributed by atoms with E-state index in [0.717, 1.165) is 197 Å². The molecule has 0 aliphatic carbocycles. The number of ether oxygens (including phenoxy) is 4. The number of fused-ring (bicyclic) bond motifs is 2. The van der Waals surface area contributed by atoms with E-state index >= 15 is 0 Å². The molecule has 4 aromatic heterocycles. The minimum absolute atomic E-state index is 0.0309. The molecule has 19 nitrogen and oxygen atoms in total. The largest absolute Gasteiger partial charge is 0.494 e. The Morgan fingerprint density at radius 2 is 1.05 bits per heavy atom. The average Bonchev–Trinajstić information content (AvgIpc) is 4.44. The van der Waals surface area contributed by atoms with E-state index in [1.807, 2.05) is 53.0 Å². The fraction of sp³-hybridized carbons (Fsp3) is 0.552. The van der Waals surface area contributed by atoms with Gasteiger partial charge in [-0.05, 0) is 88.0 Å². The molecule has 10 heterocycles. The zero-order chi connectivity index (χ0) is 54.3. The highest BCUT2D eigenvalue weighted by Crippen LogP contribution is 2.39. The molecule has 6 aliphatic rings. The smallest absolute Gasteiger partial charge is 0.305 e. The number of amides is 1. The lowest BCUT2D eigenvalue weighted by molar-refractivity contribution is -0.138. The van der Waals surface area contributed by atoms with E-state index in [1.54, 1.807) is 36.9 Å². The molecule has 2 unspecified atom stereocenters. The summed E-state index contributed by atoms with van der Waals surface area (Å²) in [7, 11) is 3.42. The van der Waals surface area contributed by atoms with Crippen LogP contribution in [0.4, 0.5) is 21.6 Å². The van der Waals surface area contributed by atoms with E-state index in [9.17, 15) is 14.7 Å². The Morgan fingerprint density at radius 1 is 0.570 bits per heavy atom. The lowest BCUT2D eigenvalue weighted by atomic mass is 10.1. The Balaban J connectivity index is 0.000000164. The number of nitrogens with one attached hydrogen (secondary N) is 1. The number of aliphatic carboxylic acids is 1. The number of carbonyl (C=O) groups excluding carboxylic acids is 1. The molecule has 12 rings (SSSR count). The van der Waals surface area contributed by atoms with Gasteiger partial charge in [-0.2, -0.15) is 0 Å². The molecule has 424 valence electrons. The number of hydrogen-bond acceptors (Lipinski definition) is 19. The van der Waals surface area contributed by atoms with Gasteiger partial charge in [0, 0.05) is 132 Å². The maximum atomic E-state index is 13.4. The summed E-state index contributed by atoms with van der Waals surface area (Å²) in [5.41, 5.74) is 5.83. The second-order valence-corrected chi connectivity index (χ2v) is 22.5. The monoisotopic (exact) mass is 1120 g/mol. The van der Waals surface area contributed by atoms with Gasteiger partial charge in [0.15, 0.2) is 10.3 Å². The van der Waals surface area contributed by atoms with E-state index in [4.69, 9.17) is 33.9 Å². The highest BCUT2D eigenvalue weighted by atomic mass is 32.1. The highest BCUT2D eigenvalue weighted by Gasteiger charge is 2.33. The molecule has 0 bridgehead atoms. The first-order chi connectivity index (χ1) is 38.8. The van der Waals surface area contributed by atoms with Crippen LogP contribution in [0, 0.1) is 0 Å². The van der Waals surface area contributed by atoms with Gasteiger partial charge in [-0.3, -0.25) is 29.4 Å². The lowest BCUT2D eigenvalue weighted by Gasteiger charge is -2.31. The minimum atomic E-state index is -0.808. The Kier molecular flexibility index (Phi) is 19.9. The number of benzene rings is 2. The van der Waals surface area contributed by atoms with Gasteiger partial charge >= 0.3 is 5.97 Å². The fourth-order valence-corrected chi connectivity index (χ4v) is 13.5. The quantitative estimate of drug-likeness (QED) is 0.110. The number of rotatable bonds is 14. The number of likely N-dealkylation sites (tertiary alicyclic amines) is 1. The first kappa shape index (κ1) is 56.3. The van der Waals surface area contributed by atoms with Crippen molar-refractivity contribution in [2.24, 2.45) is 0 Å². The third-order valence-corrected chi connectivity index (χ3v) is 17.7. The summed E-state index contributed by atoms with van der Waals surface area (Å²) < 4.78 is 22.5. The molecule has 6 aromatic rings. The molecule has 6 saturated heterocycles. The molecule has 0 radical (unpaired) electrons. The summed E-state index contributed by atoms with van der Waals surface area (Å²) in [4.78, 5) is 60.6. The van der Waals surface area contributed by atoms with Crippen molar-refractivity contribution in [2.75, 3.05) is 165 Å². The molecule has 79 heavy (non-hydrogen) atoms. The topological polar surface area (TPSA) is 178 Å². The molecule has 0 spiro atoms. The summed E-state index contributed by atoms with van der Waals surface area (Å²) in [5.74, 6) is 1.10. The number of thiazole rings is 2. The number of carboxylic acid groups (broad SMARTS) is 1. The Hall–Kier alpha value is -5.94. The van der Waals surface area contributed by atoms with Gasteiger partial charge in [0.2, 0.25) is 5.91 Å². The third-order valence-electron chi connectivity index (χ3n) is 15.9. The minimum Gasteiger partial charge on any atom is -0.494 e. The van der Waals surface area contributed by atoms with Crippen molar-refractivity contribution in [1.82, 2.24) is 40.0 Å². The van der Waals surface area contributed by atoms with E-state index < -0.39 is 5.97 Å². The van der Waals surface area contributed by atoms with Crippen LogP contribution in [0.15, 0.2) is 71.7 Å². The van der Waals surface area contributed by atoms with Gasteiger partial charge in [-0.15, -0.1) is 22.7 Å². The van der Waals surface area contributed by atoms with Crippen LogP contribution in [0.2, 0.25) is 0 Å². The van der Waals surface area contributed by atoms with Crippen LogP contribution < -0.4 is 34.4 Å². The summed E-state index contributed by atoms with van der Waals surface area (Å²) in [6.07, 6.45) is 11.1. The van der Waals surface area contributed by atoms with Crippen LogP contribution in [0.5, 0.6) is 11.5 Å². The maximum Gasteiger partial charge on any atom is 0.305 e. The molecule has 6 aliphatic heterocycles. The van der Waals surface area contributed by atoms with Gasteiger partial charge in [0.1, 0.15) is 22.9 Å². The predicted molar refractivity (Wildman–Crippen MR) is 314 cm³/mol. The van der Waals surface area contributed by atoms with Crippen molar-refractivity contribution in [2.45, 2.75) is 63.5 Å². The van der Waals surface area contributed by atoms with Crippen LogP contribution in [-0.4, -0.2) is 197 Å². The highest BCUT2D eigenvalue weighted by molar-refractivity contribution is 7.14. The van der Waals surface area contributed by atoms with Crippen molar-refractivity contribution in [3.05, 3.63) is 83.1 Å². The molecule has 2 N–H and O–H groups in total. The van der Waals surface area contributed by atoms with Crippen LogP contribution in [-0.2, 0) is 19.1 Å². The van der Waals surface area contributed by atoms with Crippen molar-refractivity contribution in [1.29, 1.82) is 0 Å². The molecule has 2 atom stereocenters. The number of hydrogen-bond donors (Lipinski definition) is 2. The standard InChI is InChI=1S/C29H38N6O3S.C25H31N5O4S.C4H9N/c1-37-25-8-7-22-6-4-9-30-27(22)28(25)34-13-5-12-32(14-15-34)24(20-26(36)33-10-2-3-11-33)23-21-39-29(31-23)35-16-18-38-19-17-35;1-33-21-6-5-18-4-2-7-26-23(18)24(21)29-9-3-8-28(10-11-29)20(16-22(31)32)19-17-35-25(27-19)30-12-14-34-15-13-30;1-2-4-5-3-1/h4,6-9,21,24H,2-3,5,10-20H2,1H3;2,4-7,17,20H,3,8-16H2,1H3,(H,31,32);5H,1-4H2. The number of carboxylic acids is 1. The van der Waals surface area contributed by atoms with Gasteiger partial charge in [0.25, 0.3) is 0 Å². The van der Waals surface area contributed by atoms with Crippen molar-refractivity contribution >= 4 is 78.0 Å². The Morgan fingerprint density at radius 3 is 1.49 bits per heavy atom. The number of methoxy groups -OCH3 is 2. The zero-order valence-corrected chi connectivity index (χ0v) is 47.6. The van der Waals surface area contributed by atoms with Crippen molar-refractivity contribution in [3.8, 4) is 11.5 Å². The van der Waals surface area contributed by atoms with Crippen LogP contribution in [0.1, 0.15) is 74.8 Å². The Labute approximate surface area is 472 Å². The zero-order valence-electron chi connectivity index (χ0n) is 46.0. The predicted octanol–water partition coefficient (Wildman–Crippen LogP) is 7.44. The first-order valence-corrected chi connectivity index (χ1v) is 30.2. The van der Waals surface area contributed by atoms with E-state index in [-0.39, 0.29) is 24.4 Å². The summed E-state index contributed by atoms with van der Waals surface area (Å²) >= 11 is 3.28. The van der Waals surface area contributed by atoms with Gasteiger partial charge in [-0.25, -0.2) is 9.97 Å². The Bertz CT molecular complexity index is 2900. The first-order valence-electron chi connectivity index (χ1n) is 28.4. The van der Waals surface area contributed by atoms with E-state index in [0.29, 0.717) is 19.6 Å². The van der Waals surface area contributed by atoms with Gasteiger partial charge in [0.05, 0.1) is 81.6 Å².